The van der Waals surface area contributed by atoms with Gasteiger partial charge in [0.15, 0.2) is 0 Å². The van der Waals surface area contributed by atoms with Gasteiger partial charge >= 0.3 is 0 Å². The molecule has 0 fully saturated rings. The Kier molecular flexibility index (Phi) is 6.01. The van der Waals surface area contributed by atoms with Crippen LogP contribution in [0.2, 0.25) is 0 Å². The van der Waals surface area contributed by atoms with Crippen LogP contribution in [0.15, 0.2) is 78.9 Å². The highest BCUT2D eigenvalue weighted by molar-refractivity contribution is 5.97. The SMILES string of the molecule is CC(=O)Nc1cc(C(=O)NN(Cc2ccccc2)c2ccccc2)ccc1F. The summed E-state index contributed by atoms with van der Waals surface area (Å²) in [6.45, 7) is 1.74. The van der Waals surface area contributed by atoms with Crippen molar-refractivity contribution in [3.05, 3.63) is 95.8 Å². The van der Waals surface area contributed by atoms with E-state index in [2.05, 4.69) is 10.7 Å². The molecular weight excluding hydrogens is 357 g/mol. The number of carbonyl (C=O) groups is 2. The van der Waals surface area contributed by atoms with Gasteiger partial charge in [-0.05, 0) is 35.9 Å². The van der Waals surface area contributed by atoms with Gasteiger partial charge in [-0.1, -0.05) is 48.5 Å². The maximum atomic E-state index is 13.9. The average Bonchev–Trinajstić information content (AvgIpc) is 2.70. The van der Waals surface area contributed by atoms with E-state index in [4.69, 9.17) is 0 Å². The normalized spacial score (nSPS) is 10.2. The van der Waals surface area contributed by atoms with Crippen LogP contribution in [0, 0.1) is 5.82 Å². The molecule has 0 aliphatic heterocycles. The van der Waals surface area contributed by atoms with Crippen LogP contribution in [0.25, 0.3) is 0 Å². The highest BCUT2D eigenvalue weighted by Gasteiger charge is 2.15. The van der Waals surface area contributed by atoms with E-state index in [1.807, 2.05) is 60.7 Å². The minimum absolute atomic E-state index is 0.0329. The number of nitrogens with zero attached hydrogens (tertiary/aromatic N) is 1. The fourth-order valence-electron chi connectivity index (χ4n) is 2.71. The van der Waals surface area contributed by atoms with Gasteiger partial charge in [0.2, 0.25) is 5.91 Å². The maximum absolute atomic E-state index is 13.9. The van der Waals surface area contributed by atoms with Crippen molar-refractivity contribution in [3.63, 3.8) is 0 Å². The third-order valence-corrected chi connectivity index (χ3v) is 4.03. The number of anilines is 2. The standard InChI is InChI=1S/C22H20FN3O2/c1-16(27)24-21-14-18(12-13-20(21)23)22(28)25-26(19-10-6-3-7-11-19)15-17-8-4-2-5-9-17/h2-14H,15H2,1H3,(H,24,27)(H,25,28). The van der Waals surface area contributed by atoms with Gasteiger partial charge in [0, 0.05) is 12.5 Å². The Morgan fingerprint density at radius 3 is 2.21 bits per heavy atom. The molecule has 6 heteroatoms. The van der Waals surface area contributed by atoms with Gasteiger partial charge in [0.05, 0.1) is 17.9 Å². The Morgan fingerprint density at radius 2 is 1.57 bits per heavy atom. The summed E-state index contributed by atoms with van der Waals surface area (Å²) in [6.07, 6.45) is 0. The molecule has 5 nitrogen and oxygen atoms in total. The van der Waals surface area contributed by atoms with Crippen LogP contribution in [0.4, 0.5) is 15.8 Å². The quantitative estimate of drug-likeness (QED) is 0.635. The van der Waals surface area contributed by atoms with Crippen molar-refractivity contribution in [3.8, 4) is 0 Å². The van der Waals surface area contributed by atoms with E-state index in [0.717, 1.165) is 17.3 Å². The Bertz CT molecular complexity index is 962. The van der Waals surface area contributed by atoms with Crippen molar-refractivity contribution >= 4 is 23.2 Å². The first kappa shape index (κ1) is 19.1. The highest BCUT2D eigenvalue weighted by Crippen LogP contribution is 2.18. The summed E-state index contributed by atoms with van der Waals surface area (Å²) < 4.78 is 13.9. The van der Waals surface area contributed by atoms with Crippen LogP contribution in [-0.2, 0) is 11.3 Å². The van der Waals surface area contributed by atoms with Crippen molar-refractivity contribution in [2.45, 2.75) is 13.5 Å². The third kappa shape index (κ3) is 4.94. The van der Waals surface area contributed by atoms with Crippen molar-refractivity contribution < 1.29 is 14.0 Å². The van der Waals surface area contributed by atoms with E-state index in [-0.39, 0.29) is 11.3 Å². The number of hydrazine groups is 1. The monoisotopic (exact) mass is 377 g/mol. The molecule has 0 bridgehead atoms. The topological polar surface area (TPSA) is 61.4 Å². The van der Waals surface area contributed by atoms with Gasteiger partial charge in [-0.15, -0.1) is 0 Å². The first-order valence-corrected chi connectivity index (χ1v) is 8.77. The van der Waals surface area contributed by atoms with Crippen LogP contribution in [-0.4, -0.2) is 11.8 Å². The molecule has 0 saturated carbocycles. The number of halogens is 1. The van der Waals surface area contributed by atoms with Crippen LogP contribution in [0.3, 0.4) is 0 Å². The molecule has 142 valence electrons. The summed E-state index contributed by atoms with van der Waals surface area (Å²) in [5.41, 5.74) is 4.89. The molecule has 0 saturated heterocycles. The van der Waals surface area contributed by atoms with Crippen LogP contribution >= 0.6 is 0 Å². The molecule has 3 rings (SSSR count). The molecule has 0 aliphatic carbocycles. The molecule has 3 aromatic rings. The maximum Gasteiger partial charge on any atom is 0.269 e. The number of amides is 2. The molecule has 0 aromatic heterocycles. The number of rotatable bonds is 6. The molecule has 3 aromatic carbocycles. The summed E-state index contributed by atoms with van der Waals surface area (Å²) in [4.78, 5) is 24.0. The minimum atomic E-state index is -0.601. The molecule has 2 amide bonds. The zero-order valence-corrected chi connectivity index (χ0v) is 15.4. The van der Waals surface area contributed by atoms with E-state index in [9.17, 15) is 14.0 Å². The summed E-state index contributed by atoms with van der Waals surface area (Å²) in [5.74, 6) is -1.42. The summed E-state index contributed by atoms with van der Waals surface area (Å²) >= 11 is 0. The second kappa shape index (κ2) is 8.81. The molecule has 0 atom stereocenters. The highest BCUT2D eigenvalue weighted by atomic mass is 19.1. The van der Waals surface area contributed by atoms with Gasteiger partial charge < -0.3 is 5.32 Å². The van der Waals surface area contributed by atoms with Gasteiger partial charge in [0.1, 0.15) is 5.82 Å². The molecular formula is C22H20FN3O2. The minimum Gasteiger partial charge on any atom is -0.324 e. The Labute approximate surface area is 162 Å². The second-order valence-electron chi connectivity index (χ2n) is 6.22. The van der Waals surface area contributed by atoms with E-state index >= 15 is 0 Å². The molecule has 0 aliphatic rings. The van der Waals surface area contributed by atoms with Crippen LogP contribution in [0.5, 0.6) is 0 Å². The van der Waals surface area contributed by atoms with Crippen molar-refractivity contribution in [1.82, 2.24) is 5.43 Å². The largest absolute Gasteiger partial charge is 0.324 e. The lowest BCUT2D eigenvalue weighted by molar-refractivity contribution is -0.114. The lowest BCUT2D eigenvalue weighted by Crippen LogP contribution is -2.42. The first-order valence-electron chi connectivity index (χ1n) is 8.77. The molecule has 28 heavy (non-hydrogen) atoms. The average molecular weight is 377 g/mol. The van der Waals surface area contributed by atoms with Gasteiger partial charge in [-0.25, -0.2) is 4.39 Å². The third-order valence-electron chi connectivity index (χ3n) is 4.03. The first-order chi connectivity index (χ1) is 13.5. The van der Waals surface area contributed by atoms with Gasteiger partial charge in [0.25, 0.3) is 5.91 Å². The van der Waals surface area contributed by atoms with Crippen LogP contribution < -0.4 is 15.8 Å². The molecule has 2 N–H and O–H groups in total. The number of benzene rings is 3. The molecule has 0 heterocycles. The Hall–Kier alpha value is -3.67. The fourth-order valence-corrected chi connectivity index (χ4v) is 2.71. The zero-order valence-electron chi connectivity index (χ0n) is 15.4. The summed E-state index contributed by atoms with van der Waals surface area (Å²) in [5, 5.41) is 4.11. The lowest BCUT2D eigenvalue weighted by Gasteiger charge is -2.25. The Balaban J connectivity index is 1.84. The summed E-state index contributed by atoms with van der Waals surface area (Å²) in [7, 11) is 0. The second-order valence-corrected chi connectivity index (χ2v) is 6.22. The number of hydrogen-bond donors (Lipinski definition) is 2. The molecule has 0 unspecified atom stereocenters. The Morgan fingerprint density at radius 1 is 0.929 bits per heavy atom. The van der Waals surface area contributed by atoms with Crippen molar-refractivity contribution in [1.29, 1.82) is 0 Å². The van der Waals surface area contributed by atoms with E-state index in [0.29, 0.717) is 6.54 Å². The number of carbonyl (C=O) groups excluding carboxylic acids is 2. The van der Waals surface area contributed by atoms with E-state index < -0.39 is 17.6 Å². The smallest absolute Gasteiger partial charge is 0.269 e. The van der Waals surface area contributed by atoms with Crippen molar-refractivity contribution in [2.24, 2.45) is 0 Å². The van der Waals surface area contributed by atoms with Crippen LogP contribution in [0.1, 0.15) is 22.8 Å². The lowest BCUT2D eigenvalue weighted by atomic mass is 10.1. The zero-order chi connectivity index (χ0) is 19.9. The fraction of sp³-hybridized carbons (Fsp3) is 0.0909. The predicted octanol–water partition coefficient (Wildman–Crippen LogP) is 4.14. The number of hydrogen-bond acceptors (Lipinski definition) is 3. The summed E-state index contributed by atoms with van der Waals surface area (Å²) in [6, 6.07) is 23.0. The van der Waals surface area contributed by atoms with Gasteiger partial charge in [-0.2, -0.15) is 0 Å². The number of nitrogens with one attached hydrogen (secondary N) is 2. The molecule has 0 radical (unpaired) electrons. The number of para-hydroxylation sites is 1. The van der Waals surface area contributed by atoms with Crippen molar-refractivity contribution in [2.75, 3.05) is 10.3 Å². The van der Waals surface area contributed by atoms with E-state index in [1.54, 1.807) is 5.01 Å². The van der Waals surface area contributed by atoms with Gasteiger partial charge in [-0.3, -0.25) is 20.0 Å². The predicted molar refractivity (Wildman–Crippen MR) is 107 cm³/mol. The van der Waals surface area contributed by atoms with E-state index in [1.165, 1.54) is 19.1 Å². The molecule has 0 spiro atoms.